The predicted molar refractivity (Wildman–Crippen MR) is 153 cm³/mol. The zero-order valence-corrected chi connectivity index (χ0v) is 24.3. The van der Waals surface area contributed by atoms with Gasteiger partial charge in [-0.1, -0.05) is 6.92 Å². The Morgan fingerprint density at radius 2 is 1.93 bits per heavy atom. The maximum atomic E-state index is 16.0. The van der Waals surface area contributed by atoms with Gasteiger partial charge in [0.15, 0.2) is 5.60 Å². The molecule has 9 nitrogen and oxygen atoms in total. The molecule has 0 bridgehead atoms. The third-order valence-corrected chi connectivity index (χ3v) is 11.3. The third-order valence-electron chi connectivity index (χ3n) is 8.81. The Balaban J connectivity index is 1.49. The molecule has 5 rings (SSSR count). The first-order chi connectivity index (χ1) is 18.9. The van der Waals surface area contributed by atoms with Crippen molar-refractivity contribution in [2.45, 2.75) is 62.6 Å². The molecule has 3 aliphatic rings. The maximum absolute atomic E-state index is 16.0. The van der Waals surface area contributed by atoms with Gasteiger partial charge in [-0.2, -0.15) is 0 Å². The average molecular weight is 569 g/mol. The quantitative estimate of drug-likeness (QED) is 0.278. The number of halogens is 1. The number of aliphatic hydroxyl groups is 1. The largest absolute Gasteiger partial charge is 0.399 e. The molecule has 0 unspecified atom stereocenters. The number of hydrogen-bond donors (Lipinski definition) is 3. The van der Waals surface area contributed by atoms with Gasteiger partial charge in [0.1, 0.15) is 0 Å². The van der Waals surface area contributed by atoms with Crippen LogP contribution in [0.5, 0.6) is 0 Å². The van der Waals surface area contributed by atoms with E-state index in [1.54, 1.807) is 67.5 Å². The van der Waals surface area contributed by atoms with Crippen molar-refractivity contribution < 1.29 is 28.3 Å². The summed E-state index contributed by atoms with van der Waals surface area (Å²) < 4.78 is 22.6. The summed E-state index contributed by atoms with van der Waals surface area (Å²) in [6, 6.07) is 11.5. The lowest BCUT2D eigenvalue weighted by atomic mass is 9.82. The summed E-state index contributed by atoms with van der Waals surface area (Å²) in [7, 11) is -1.78. The molecule has 3 aliphatic heterocycles. The van der Waals surface area contributed by atoms with Crippen molar-refractivity contribution in [1.29, 1.82) is 0 Å². The molecule has 2 aromatic carbocycles. The number of ether oxygens (including phenoxy) is 1. The van der Waals surface area contributed by atoms with Gasteiger partial charge in [0, 0.05) is 47.6 Å². The van der Waals surface area contributed by atoms with Gasteiger partial charge in [0.2, 0.25) is 14.3 Å². The van der Waals surface area contributed by atoms with E-state index in [1.807, 2.05) is 6.92 Å². The van der Waals surface area contributed by atoms with Crippen LogP contribution in [0.25, 0.3) is 0 Å². The summed E-state index contributed by atoms with van der Waals surface area (Å²) in [5.41, 5.74) is 6.23. The van der Waals surface area contributed by atoms with Crippen LogP contribution in [0.1, 0.15) is 42.1 Å². The van der Waals surface area contributed by atoms with Crippen molar-refractivity contribution in [3.05, 3.63) is 53.6 Å². The number of amides is 3. The fourth-order valence-electron chi connectivity index (χ4n) is 6.91. The lowest BCUT2D eigenvalue weighted by Crippen LogP contribution is -2.44. The number of anilines is 3. The normalized spacial score (nSPS) is 27.9. The molecule has 40 heavy (non-hydrogen) atoms. The molecule has 0 saturated carbocycles. The van der Waals surface area contributed by atoms with E-state index < -0.39 is 31.6 Å². The smallest absolute Gasteiger partial charge is 0.264 e. The van der Waals surface area contributed by atoms with Gasteiger partial charge in [-0.25, -0.2) is 0 Å². The van der Waals surface area contributed by atoms with Crippen LogP contribution in [0.4, 0.5) is 21.2 Å². The highest BCUT2D eigenvalue weighted by Gasteiger charge is 2.66. The summed E-state index contributed by atoms with van der Waals surface area (Å²) in [6.07, 6.45) is 0.665. The second kappa shape index (κ2) is 10.3. The maximum Gasteiger partial charge on any atom is 0.264 e. The van der Waals surface area contributed by atoms with Gasteiger partial charge in [-0.05, 0) is 68.4 Å². The number of nitrogens with zero attached hydrogens (tertiary/aromatic N) is 2. The van der Waals surface area contributed by atoms with Crippen LogP contribution in [0.3, 0.4) is 0 Å². The van der Waals surface area contributed by atoms with Gasteiger partial charge < -0.3 is 34.8 Å². The van der Waals surface area contributed by atoms with E-state index >= 15 is 4.11 Å². The van der Waals surface area contributed by atoms with Crippen molar-refractivity contribution in [3.63, 3.8) is 0 Å². The highest BCUT2D eigenvalue weighted by Crippen LogP contribution is 2.60. The first-order valence-electron chi connectivity index (χ1n) is 13.7. The molecular formula is C29H37FN4O5Si. The standard InChI is InChI=1S/C29H37FN4O5Si/c1-17-26(40(3,4)30)24(15-25(36)34-13-5-6-21(34)16-35)39-29(17)22-14-20(11-12-23(22)33(2)28(29)38)32-27(37)18-7-9-19(31)10-8-18/h7-12,14,17,21,24,26,35H,5-6,13,15-16,31H2,1-4H3,(H,32,37)/t17-,21-,24+,26-,29+/m0/s1. The number of nitrogens with one attached hydrogen (secondary N) is 1. The minimum absolute atomic E-state index is 0.0620. The zero-order valence-electron chi connectivity index (χ0n) is 23.3. The number of rotatable bonds is 6. The van der Waals surface area contributed by atoms with Crippen LogP contribution in [0.15, 0.2) is 42.5 Å². The predicted octanol–water partition coefficient (Wildman–Crippen LogP) is 3.65. The minimum atomic E-state index is -3.43. The summed E-state index contributed by atoms with van der Waals surface area (Å²) in [5.74, 6) is -1.40. The third kappa shape index (κ3) is 4.59. The molecule has 5 atom stereocenters. The Bertz CT molecular complexity index is 1330. The minimum Gasteiger partial charge on any atom is -0.399 e. The summed E-state index contributed by atoms with van der Waals surface area (Å²) in [6.45, 7) is 5.43. The SMILES string of the molecule is C[C@H]1[C@H]([Si](C)(C)F)[C@@H](CC(=O)N2CCC[C@H]2CO)O[C@]12C(=O)N(C)c1ccc(NC(=O)c3ccc(N)cc3)cc12. The molecule has 11 heteroatoms. The number of nitrogens with two attached hydrogens (primary N) is 1. The molecule has 1 spiro atoms. The van der Waals surface area contributed by atoms with Crippen molar-refractivity contribution in [2.75, 3.05) is 36.1 Å². The van der Waals surface area contributed by atoms with Gasteiger partial charge in [-0.3, -0.25) is 14.4 Å². The number of carbonyl (C=O) groups is 3. The lowest BCUT2D eigenvalue weighted by Gasteiger charge is -2.31. The first kappa shape index (κ1) is 28.3. The van der Waals surface area contributed by atoms with Crippen LogP contribution < -0.4 is 16.0 Å². The van der Waals surface area contributed by atoms with E-state index in [-0.39, 0.29) is 36.8 Å². The van der Waals surface area contributed by atoms with E-state index in [9.17, 15) is 19.5 Å². The Kier molecular flexibility index (Phi) is 7.26. The Labute approximate surface area is 234 Å². The molecule has 2 aromatic rings. The lowest BCUT2D eigenvalue weighted by molar-refractivity contribution is -0.149. The van der Waals surface area contributed by atoms with E-state index in [0.717, 1.165) is 12.8 Å². The molecule has 214 valence electrons. The van der Waals surface area contributed by atoms with Crippen molar-refractivity contribution in [1.82, 2.24) is 4.90 Å². The highest BCUT2D eigenvalue weighted by atomic mass is 28.4. The summed E-state index contributed by atoms with van der Waals surface area (Å²) in [4.78, 5) is 43.3. The number of likely N-dealkylation sites (N-methyl/N-ethyl adjacent to an activating group) is 1. The van der Waals surface area contributed by atoms with E-state index in [1.165, 1.54) is 4.90 Å². The van der Waals surface area contributed by atoms with Gasteiger partial charge >= 0.3 is 0 Å². The number of nitrogen functional groups attached to an aromatic ring is 1. The van der Waals surface area contributed by atoms with Crippen LogP contribution in [0, 0.1) is 5.92 Å². The fraction of sp³-hybridized carbons (Fsp3) is 0.483. The molecular weight excluding hydrogens is 531 g/mol. The Morgan fingerprint density at radius 1 is 1.23 bits per heavy atom. The van der Waals surface area contributed by atoms with Crippen LogP contribution in [-0.4, -0.2) is 68.5 Å². The molecule has 3 heterocycles. The number of benzene rings is 2. The van der Waals surface area contributed by atoms with Gasteiger partial charge in [-0.15, -0.1) is 0 Å². The Hall–Kier alpha value is -3.28. The Morgan fingerprint density at radius 3 is 2.58 bits per heavy atom. The van der Waals surface area contributed by atoms with E-state index in [0.29, 0.717) is 34.7 Å². The number of carbonyl (C=O) groups excluding carboxylic acids is 3. The van der Waals surface area contributed by atoms with Crippen molar-refractivity contribution in [3.8, 4) is 0 Å². The van der Waals surface area contributed by atoms with Crippen LogP contribution >= 0.6 is 0 Å². The second-order valence-corrected chi connectivity index (χ2v) is 15.5. The molecule has 0 radical (unpaired) electrons. The summed E-state index contributed by atoms with van der Waals surface area (Å²) >= 11 is 0. The highest BCUT2D eigenvalue weighted by molar-refractivity contribution is 6.72. The second-order valence-electron chi connectivity index (χ2n) is 11.7. The topological polar surface area (TPSA) is 125 Å². The van der Waals surface area contributed by atoms with Gasteiger partial charge in [0.05, 0.1) is 30.9 Å². The fourth-order valence-corrected chi connectivity index (χ4v) is 9.41. The monoisotopic (exact) mass is 568 g/mol. The van der Waals surface area contributed by atoms with E-state index in [2.05, 4.69) is 5.32 Å². The molecule has 3 amide bonds. The van der Waals surface area contributed by atoms with Crippen LogP contribution in [-0.2, 0) is 19.9 Å². The number of likely N-dealkylation sites (tertiary alicyclic amines) is 1. The van der Waals surface area contributed by atoms with Gasteiger partial charge in [0.25, 0.3) is 11.8 Å². The number of aliphatic hydroxyl groups excluding tert-OH is 1. The average Bonchev–Trinajstić information content (AvgIpc) is 3.55. The van der Waals surface area contributed by atoms with Crippen molar-refractivity contribution in [2.24, 2.45) is 5.92 Å². The van der Waals surface area contributed by atoms with Crippen LogP contribution in [0.2, 0.25) is 18.6 Å². The summed E-state index contributed by atoms with van der Waals surface area (Å²) in [5, 5.41) is 12.6. The zero-order chi connectivity index (χ0) is 29.0. The molecule has 2 saturated heterocycles. The molecule has 2 fully saturated rings. The molecule has 0 aromatic heterocycles. The van der Waals surface area contributed by atoms with E-state index in [4.69, 9.17) is 10.5 Å². The molecule has 0 aliphatic carbocycles. The number of hydrogen-bond acceptors (Lipinski definition) is 6. The van der Waals surface area contributed by atoms with Crippen molar-refractivity contribution >= 4 is 43.2 Å². The molecule has 4 N–H and O–H groups in total. The first-order valence-corrected chi connectivity index (χ1v) is 16.7. The number of fused-ring (bicyclic) bond motifs is 2.